The van der Waals surface area contributed by atoms with Gasteiger partial charge in [-0.3, -0.25) is 0 Å². The number of amides is 1. The first-order valence-corrected chi connectivity index (χ1v) is 7.02. The Labute approximate surface area is 116 Å². The first-order chi connectivity index (χ1) is 8.67. The highest BCUT2D eigenvalue weighted by molar-refractivity contribution is 5.68. The molecule has 4 nitrogen and oxygen atoms in total. The van der Waals surface area contributed by atoms with Crippen LogP contribution >= 0.6 is 0 Å². The van der Waals surface area contributed by atoms with Gasteiger partial charge in [0, 0.05) is 12.0 Å². The van der Waals surface area contributed by atoms with Crippen molar-refractivity contribution < 1.29 is 14.6 Å². The van der Waals surface area contributed by atoms with Crippen molar-refractivity contribution in [1.82, 2.24) is 5.32 Å². The third-order valence-electron chi connectivity index (χ3n) is 3.26. The van der Waals surface area contributed by atoms with Crippen LogP contribution in [0.3, 0.4) is 0 Å². The Kier molecular flexibility index (Phi) is 5.41. The summed E-state index contributed by atoms with van der Waals surface area (Å²) >= 11 is 0. The minimum atomic E-state index is -0.435. The number of hydrogen-bond acceptors (Lipinski definition) is 3. The molecular weight excluding hydrogens is 242 g/mol. The number of aliphatic hydroxyl groups excluding tert-OH is 1. The normalized spacial score (nSPS) is 34.0. The Morgan fingerprint density at radius 2 is 1.89 bits per heavy atom. The molecule has 0 saturated heterocycles. The molecule has 0 saturated carbocycles. The van der Waals surface area contributed by atoms with Crippen LogP contribution in [-0.2, 0) is 4.74 Å². The minimum Gasteiger partial charge on any atom is -0.442 e. The van der Waals surface area contributed by atoms with E-state index in [2.05, 4.69) is 18.3 Å². The molecule has 4 atom stereocenters. The molecule has 1 rings (SSSR count). The molecule has 1 aliphatic carbocycles. The smallest absolute Gasteiger partial charge is 0.408 e. The van der Waals surface area contributed by atoms with Crippen molar-refractivity contribution in [3.8, 4) is 0 Å². The number of ether oxygens (including phenoxy) is 1. The maximum atomic E-state index is 11.7. The fourth-order valence-corrected chi connectivity index (χ4v) is 2.25. The molecule has 0 aromatic heterocycles. The van der Waals surface area contributed by atoms with Gasteiger partial charge in [0.1, 0.15) is 6.10 Å². The van der Waals surface area contributed by atoms with Gasteiger partial charge in [-0.05, 0) is 45.1 Å². The molecule has 0 bridgehead atoms. The number of carbonyl (C=O) groups excluding carboxylic acids is 1. The van der Waals surface area contributed by atoms with Crippen molar-refractivity contribution in [3.05, 3.63) is 12.2 Å². The van der Waals surface area contributed by atoms with E-state index in [9.17, 15) is 9.90 Å². The highest BCUT2D eigenvalue weighted by Gasteiger charge is 2.25. The van der Waals surface area contributed by atoms with Crippen LogP contribution in [0.4, 0.5) is 4.79 Å². The monoisotopic (exact) mass is 269 g/mol. The van der Waals surface area contributed by atoms with Crippen LogP contribution in [0.15, 0.2) is 12.2 Å². The van der Waals surface area contributed by atoms with E-state index in [1.165, 1.54) is 0 Å². The number of allylic oxidation sites excluding steroid dienone is 1. The molecule has 1 aliphatic rings. The second kappa shape index (κ2) is 6.42. The molecule has 0 spiro atoms. The van der Waals surface area contributed by atoms with Gasteiger partial charge in [-0.1, -0.05) is 19.9 Å². The van der Waals surface area contributed by atoms with Crippen LogP contribution < -0.4 is 5.32 Å². The quantitative estimate of drug-likeness (QED) is 0.720. The van der Waals surface area contributed by atoms with E-state index in [4.69, 9.17) is 4.74 Å². The maximum absolute atomic E-state index is 11.7. The Balaban J connectivity index is 2.63. The second-order valence-corrected chi connectivity index (χ2v) is 6.70. The average molecular weight is 269 g/mol. The van der Waals surface area contributed by atoms with Gasteiger partial charge < -0.3 is 15.2 Å². The summed E-state index contributed by atoms with van der Waals surface area (Å²) < 4.78 is 5.37. The Bertz CT molecular complexity index is 333. The molecule has 0 aromatic carbocycles. The number of nitrogens with one attached hydrogen (secondary N) is 1. The fourth-order valence-electron chi connectivity index (χ4n) is 2.25. The van der Waals surface area contributed by atoms with Crippen LogP contribution in [0.2, 0.25) is 0 Å². The van der Waals surface area contributed by atoms with Crippen molar-refractivity contribution in [2.24, 2.45) is 11.8 Å². The van der Waals surface area contributed by atoms with E-state index in [1.807, 2.05) is 33.8 Å². The summed E-state index contributed by atoms with van der Waals surface area (Å²) in [4.78, 5) is 11.7. The van der Waals surface area contributed by atoms with Gasteiger partial charge in [-0.25, -0.2) is 4.79 Å². The lowest BCUT2D eigenvalue weighted by Gasteiger charge is -2.28. The molecule has 4 heteroatoms. The summed E-state index contributed by atoms with van der Waals surface area (Å²) in [6.07, 6.45) is 4.15. The van der Waals surface area contributed by atoms with E-state index < -0.39 is 12.2 Å². The summed E-state index contributed by atoms with van der Waals surface area (Å²) in [7, 11) is 0. The zero-order valence-corrected chi connectivity index (χ0v) is 12.6. The van der Waals surface area contributed by atoms with Crippen LogP contribution in [0, 0.1) is 11.8 Å². The maximum Gasteiger partial charge on any atom is 0.408 e. The lowest BCUT2D eigenvalue weighted by atomic mass is 9.87. The molecule has 1 amide bonds. The van der Waals surface area contributed by atoms with Gasteiger partial charge in [0.25, 0.3) is 0 Å². The minimum absolute atomic E-state index is 0.219. The fraction of sp³-hybridized carbons (Fsp3) is 0.800. The first kappa shape index (κ1) is 16.0. The molecule has 2 N–H and O–H groups in total. The summed E-state index contributed by atoms with van der Waals surface area (Å²) in [5.41, 5.74) is -0.318. The zero-order chi connectivity index (χ0) is 14.6. The Hall–Kier alpha value is -1.03. The molecule has 0 fully saturated rings. The predicted octanol–water partition coefficient (Wildman–Crippen LogP) is 2.86. The van der Waals surface area contributed by atoms with Crippen LogP contribution in [0.5, 0.6) is 0 Å². The number of hydrogen-bond donors (Lipinski definition) is 2. The third kappa shape index (κ3) is 6.10. The number of aliphatic hydroxyl groups is 1. The zero-order valence-electron chi connectivity index (χ0n) is 12.6. The van der Waals surface area contributed by atoms with Gasteiger partial charge in [-0.2, -0.15) is 0 Å². The summed E-state index contributed by atoms with van der Waals surface area (Å²) in [5.74, 6) is 0.610. The van der Waals surface area contributed by atoms with Crippen LogP contribution in [0.25, 0.3) is 0 Å². The summed E-state index contributed by atoms with van der Waals surface area (Å²) in [5, 5.41) is 12.8. The molecule has 0 heterocycles. The van der Waals surface area contributed by atoms with Crippen LogP contribution in [-0.4, -0.2) is 28.9 Å². The van der Waals surface area contributed by atoms with Gasteiger partial charge in [0.05, 0.1) is 6.10 Å². The third-order valence-corrected chi connectivity index (χ3v) is 3.26. The largest absolute Gasteiger partial charge is 0.442 e. The molecule has 4 unspecified atom stereocenters. The summed E-state index contributed by atoms with van der Waals surface area (Å²) in [6, 6.07) is 0. The van der Waals surface area contributed by atoms with Crippen molar-refractivity contribution in [1.29, 1.82) is 0 Å². The van der Waals surface area contributed by atoms with E-state index in [0.29, 0.717) is 12.3 Å². The van der Waals surface area contributed by atoms with Crippen molar-refractivity contribution >= 4 is 6.09 Å². The lowest BCUT2D eigenvalue weighted by Crippen LogP contribution is -2.42. The number of rotatable bonds is 1. The number of alkyl carbamates (subject to hydrolysis) is 1. The van der Waals surface area contributed by atoms with E-state index in [-0.39, 0.29) is 17.6 Å². The average Bonchev–Trinajstić information content (AvgIpc) is 2.21. The lowest BCUT2D eigenvalue weighted by molar-refractivity contribution is 0.0408. The van der Waals surface area contributed by atoms with Gasteiger partial charge >= 0.3 is 6.09 Å². The van der Waals surface area contributed by atoms with E-state index in [1.54, 1.807) is 0 Å². The van der Waals surface area contributed by atoms with Crippen molar-refractivity contribution in [2.75, 3.05) is 0 Å². The topological polar surface area (TPSA) is 58.6 Å². The standard InChI is InChI=1S/C15H27NO3/c1-10-6-7-12(9-13(17)11(2)8-10)19-14(18)16-15(3,4)5/h6-7,10-13,17H,8-9H2,1-5H3,(H,16,18)/b7-6+. The van der Waals surface area contributed by atoms with E-state index >= 15 is 0 Å². The van der Waals surface area contributed by atoms with Crippen molar-refractivity contribution in [2.45, 2.75) is 65.2 Å². The first-order valence-electron chi connectivity index (χ1n) is 7.02. The van der Waals surface area contributed by atoms with Gasteiger partial charge in [0.15, 0.2) is 0 Å². The molecule has 19 heavy (non-hydrogen) atoms. The van der Waals surface area contributed by atoms with Gasteiger partial charge in [-0.15, -0.1) is 0 Å². The van der Waals surface area contributed by atoms with Crippen molar-refractivity contribution in [3.63, 3.8) is 0 Å². The Morgan fingerprint density at radius 1 is 1.26 bits per heavy atom. The van der Waals surface area contributed by atoms with Crippen LogP contribution in [0.1, 0.15) is 47.5 Å². The molecule has 0 radical (unpaired) electrons. The second-order valence-electron chi connectivity index (χ2n) is 6.70. The number of carbonyl (C=O) groups is 1. The SMILES string of the molecule is CC1/C=C/C(OC(=O)NC(C)(C)C)CC(O)C(C)C1. The Morgan fingerprint density at radius 3 is 2.47 bits per heavy atom. The predicted molar refractivity (Wildman–Crippen MR) is 75.9 cm³/mol. The van der Waals surface area contributed by atoms with Gasteiger partial charge in [0.2, 0.25) is 0 Å². The molecule has 110 valence electrons. The molecule has 0 aliphatic heterocycles. The van der Waals surface area contributed by atoms with E-state index in [0.717, 1.165) is 6.42 Å². The summed E-state index contributed by atoms with van der Waals surface area (Å²) in [6.45, 7) is 9.85. The molecular formula is C15H27NO3. The highest BCUT2D eigenvalue weighted by atomic mass is 16.6. The molecule has 0 aromatic rings. The highest BCUT2D eigenvalue weighted by Crippen LogP contribution is 2.24.